The third-order valence-corrected chi connectivity index (χ3v) is 1.71. The van der Waals surface area contributed by atoms with Gasteiger partial charge in [-0.3, -0.25) is 4.98 Å². The lowest BCUT2D eigenvalue weighted by Crippen LogP contribution is -2.04. The van der Waals surface area contributed by atoms with Crippen LogP contribution in [0.4, 0.5) is 5.69 Å². The smallest absolute Gasteiger partial charge is 0.0965 e. The first-order valence-electron chi connectivity index (χ1n) is 4.44. The zero-order valence-electron chi connectivity index (χ0n) is 8.83. The van der Waals surface area contributed by atoms with Crippen LogP contribution < -0.4 is 5.73 Å². The average Bonchev–Trinajstić information content (AvgIpc) is 2.01. The topological polar surface area (TPSA) is 51.3 Å². The molecule has 1 aromatic heterocycles. The number of aryl methyl sites for hydroxylation is 1. The predicted molar refractivity (Wildman–Crippen MR) is 60.6 cm³/mol. The van der Waals surface area contributed by atoms with Crippen molar-refractivity contribution in [3.05, 3.63) is 30.1 Å². The lowest BCUT2D eigenvalue weighted by Gasteiger charge is -2.05. The van der Waals surface area contributed by atoms with Crippen LogP contribution in [0.1, 0.15) is 25.1 Å². The number of hydrogen-bond acceptors (Lipinski definition) is 2. The number of amidine groups is 1. The number of rotatable bonds is 2. The number of allylic oxidation sites excluding steroid dienone is 1. The lowest BCUT2D eigenvalue weighted by atomic mass is 10.1. The third kappa shape index (κ3) is 2.42. The van der Waals surface area contributed by atoms with Crippen molar-refractivity contribution in [2.24, 2.45) is 10.7 Å². The van der Waals surface area contributed by atoms with Crippen molar-refractivity contribution in [3.8, 4) is 0 Å². The van der Waals surface area contributed by atoms with Crippen LogP contribution in [-0.2, 0) is 0 Å². The molecule has 74 valence electrons. The molecule has 0 amide bonds. The summed E-state index contributed by atoms with van der Waals surface area (Å²) in [6.45, 7) is 9.48. The van der Waals surface area contributed by atoms with Crippen molar-refractivity contribution >= 4 is 17.1 Å². The summed E-state index contributed by atoms with van der Waals surface area (Å²) in [5.41, 5.74) is 9.09. The number of aliphatic imine (C=N–C) groups is 1. The normalized spacial score (nSPS) is 11.5. The highest BCUT2D eigenvalue weighted by Crippen LogP contribution is 2.23. The molecule has 0 aliphatic carbocycles. The summed E-state index contributed by atoms with van der Waals surface area (Å²) < 4.78 is 0. The number of hydrogen-bond donors (Lipinski definition) is 1. The number of nitrogens with two attached hydrogens (primary N) is 1. The molecule has 0 atom stereocenters. The van der Waals surface area contributed by atoms with Gasteiger partial charge in [0.05, 0.1) is 17.2 Å². The van der Waals surface area contributed by atoms with Crippen LogP contribution in [0.25, 0.3) is 5.57 Å². The zero-order valence-corrected chi connectivity index (χ0v) is 8.83. The van der Waals surface area contributed by atoms with Gasteiger partial charge in [-0.05, 0) is 38.0 Å². The minimum Gasteiger partial charge on any atom is -0.387 e. The van der Waals surface area contributed by atoms with Crippen molar-refractivity contribution in [1.82, 2.24) is 4.98 Å². The Kier molecular flexibility index (Phi) is 3.02. The second-order valence-electron chi connectivity index (χ2n) is 3.41. The summed E-state index contributed by atoms with van der Waals surface area (Å²) in [5.74, 6) is 0.528. The summed E-state index contributed by atoms with van der Waals surface area (Å²) in [4.78, 5) is 8.48. The van der Waals surface area contributed by atoms with Crippen molar-refractivity contribution in [3.63, 3.8) is 0 Å². The molecule has 1 rings (SSSR count). The molecule has 0 aromatic carbocycles. The van der Waals surface area contributed by atoms with Gasteiger partial charge < -0.3 is 5.73 Å². The fourth-order valence-electron chi connectivity index (χ4n) is 1.16. The molecule has 3 heteroatoms. The highest BCUT2D eigenvalue weighted by Gasteiger charge is 2.03. The van der Waals surface area contributed by atoms with Gasteiger partial charge in [0.25, 0.3) is 0 Å². The molecule has 0 saturated heterocycles. The Morgan fingerprint density at radius 2 is 2.14 bits per heavy atom. The van der Waals surface area contributed by atoms with E-state index in [2.05, 4.69) is 16.6 Å². The minimum atomic E-state index is 0.528. The number of aromatic nitrogens is 1. The fourth-order valence-corrected chi connectivity index (χ4v) is 1.16. The summed E-state index contributed by atoms with van der Waals surface area (Å²) in [5, 5.41) is 0. The summed E-state index contributed by atoms with van der Waals surface area (Å²) >= 11 is 0. The van der Waals surface area contributed by atoms with Gasteiger partial charge in [-0.25, -0.2) is 4.99 Å². The maximum Gasteiger partial charge on any atom is 0.0965 e. The lowest BCUT2D eigenvalue weighted by molar-refractivity contribution is 1.21. The van der Waals surface area contributed by atoms with E-state index in [1.807, 2.05) is 19.9 Å². The SMILES string of the molecule is C=C(C)c1ncc(C)cc1N=C(C)N. The quantitative estimate of drug-likeness (QED) is 0.573. The average molecular weight is 189 g/mol. The van der Waals surface area contributed by atoms with E-state index in [1.54, 1.807) is 13.1 Å². The Bertz CT molecular complexity index is 388. The molecule has 0 bridgehead atoms. The first-order valence-corrected chi connectivity index (χ1v) is 4.44. The van der Waals surface area contributed by atoms with E-state index in [0.29, 0.717) is 5.84 Å². The number of pyridine rings is 1. The molecule has 14 heavy (non-hydrogen) atoms. The molecule has 0 saturated carbocycles. The Hall–Kier alpha value is -1.64. The molecule has 0 unspecified atom stereocenters. The largest absolute Gasteiger partial charge is 0.387 e. The summed E-state index contributed by atoms with van der Waals surface area (Å²) in [7, 11) is 0. The van der Waals surface area contributed by atoms with Crippen LogP contribution in [0.15, 0.2) is 23.8 Å². The minimum absolute atomic E-state index is 0.528. The zero-order chi connectivity index (χ0) is 10.7. The second kappa shape index (κ2) is 4.05. The van der Waals surface area contributed by atoms with E-state index >= 15 is 0 Å². The molecular weight excluding hydrogens is 174 g/mol. The molecule has 0 spiro atoms. The molecule has 0 aliphatic heterocycles. The molecule has 1 heterocycles. The van der Waals surface area contributed by atoms with Crippen LogP contribution in [0, 0.1) is 6.92 Å². The Labute approximate surface area is 84.4 Å². The Morgan fingerprint density at radius 3 is 2.64 bits per heavy atom. The van der Waals surface area contributed by atoms with Crippen molar-refractivity contribution in [1.29, 1.82) is 0 Å². The van der Waals surface area contributed by atoms with Gasteiger partial charge in [-0.15, -0.1) is 0 Å². The third-order valence-electron chi connectivity index (χ3n) is 1.71. The maximum atomic E-state index is 5.54. The van der Waals surface area contributed by atoms with Gasteiger partial charge in [-0.2, -0.15) is 0 Å². The Balaban J connectivity index is 3.30. The van der Waals surface area contributed by atoms with Crippen molar-refractivity contribution < 1.29 is 0 Å². The Morgan fingerprint density at radius 1 is 1.50 bits per heavy atom. The molecule has 0 fully saturated rings. The fraction of sp³-hybridized carbons (Fsp3) is 0.273. The van der Waals surface area contributed by atoms with E-state index < -0.39 is 0 Å². The van der Waals surface area contributed by atoms with Gasteiger partial charge in [0.1, 0.15) is 0 Å². The first-order chi connectivity index (χ1) is 6.50. The van der Waals surface area contributed by atoms with Crippen LogP contribution in [0.2, 0.25) is 0 Å². The molecule has 0 aliphatic rings. The van der Waals surface area contributed by atoms with E-state index in [-0.39, 0.29) is 0 Å². The van der Waals surface area contributed by atoms with E-state index in [9.17, 15) is 0 Å². The van der Waals surface area contributed by atoms with Crippen molar-refractivity contribution in [2.75, 3.05) is 0 Å². The molecule has 0 radical (unpaired) electrons. The van der Waals surface area contributed by atoms with Crippen molar-refractivity contribution in [2.45, 2.75) is 20.8 Å². The summed E-state index contributed by atoms with van der Waals surface area (Å²) in [6, 6.07) is 1.95. The van der Waals surface area contributed by atoms with E-state index in [4.69, 9.17) is 5.73 Å². The van der Waals surface area contributed by atoms with E-state index in [1.165, 1.54) is 0 Å². The van der Waals surface area contributed by atoms with Crippen LogP contribution in [0.3, 0.4) is 0 Å². The second-order valence-corrected chi connectivity index (χ2v) is 3.41. The first kappa shape index (κ1) is 10.4. The van der Waals surface area contributed by atoms with Gasteiger partial charge in [0.2, 0.25) is 0 Å². The number of nitrogens with zero attached hydrogens (tertiary/aromatic N) is 2. The van der Waals surface area contributed by atoms with E-state index in [0.717, 1.165) is 22.5 Å². The van der Waals surface area contributed by atoms with Crippen LogP contribution >= 0.6 is 0 Å². The summed E-state index contributed by atoms with van der Waals surface area (Å²) in [6.07, 6.45) is 1.80. The highest BCUT2D eigenvalue weighted by molar-refractivity contribution is 5.83. The molecular formula is C11H15N3. The molecule has 1 aromatic rings. The predicted octanol–water partition coefficient (Wildman–Crippen LogP) is 2.43. The monoisotopic (exact) mass is 189 g/mol. The molecule has 2 N–H and O–H groups in total. The van der Waals surface area contributed by atoms with Gasteiger partial charge >= 0.3 is 0 Å². The van der Waals surface area contributed by atoms with Crippen LogP contribution in [-0.4, -0.2) is 10.8 Å². The standard InChI is InChI=1S/C11H15N3/c1-7(2)11-10(14-9(4)12)5-8(3)6-13-11/h5-6H,1H2,2-4H3,(H2,12,14). The van der Waals surface area contributed by atoms with Crippen LogP contribution in [0.5, 0.6) is 0 Å². The van der Waals surface area contributed by atoms with Gasteiger partial charge in [0.15, 0.2) is 0 Å². The maximum absolute atomic E-state index is 5.54. The van der Waals surface area contributed by atoms with Gasteiger partial charge in [-0.1, -0.05) is 6.58 Å². The molecule has 3 nitrogen and oxygen atoms in total. The highest BCUT2D eigenvalue weighted by atomic mass is 14.9. The van der Waals surface area contributed by atoms with Gasteiger partial charge in [0, 0.05) is 6.20 Å².